The lowest BCUT2D eigenvalue weighted by molar-refractivity contribution is 0.134. The Balaban J connectivity index is 1.77. The molecule has 1 aromatic heterocycles. The topological polar surface area (TPSA) is 53.1 Å². The molecular formula is C17H15N3O. The second-order valence-electron chi connectivity index (χ2n) is 5.18. The van der Waals surface area contributed by atoms with Crippen LogP contribution in [0.15, 0.2) is 54.6 Å². The zero-order valence-electron chi connectivity index (χ0n) is 11.5. The molecule has 4 rings (SSSR count). The van der Waals surface area contributed by atoms with Gasteiger partial charge in [0.15, 0.2) is 0 Å². The predicted octanol–water partition coefficient (Wildman–Crippen LogP) is 3.15. The summed E-state index contributed by atoms with van der Waals surface area (Å²) in [5, 5.41) is 4.63. The summed E-state index contributed by atoms with van der Waals surface area (Å²) in [7, 11) is 0. The molecule has 21 heavy (non-hydrogen) atoms. The number of hydrogen-bond acceptors (Lipinski definition) is 3. The highest BCUT2D eigenvalue weighted by atomic mass is 16.5. The maximum atomic E-state index is 6.10. The van der Waals surface area contributed by atoms with Gasteiger partial charge in [-0.25, -0.2) is 4.68 Å². The molecule has 0 radical (unpaired) electrons. The molecule has 0 saturated carbocycles. The summed E-state index contributed by atoms with van der Waals surface area (Å²) in [4.78, 5) is 0. The number of hydrogen-bond donors (Lipinski definition) is 1. The van der Waals surface area contributed by atoms with Crippen LogP contribution in [0, 0.1) is 0 Å². The van der Waals surface area contributed by atoms with Crippen molar-refractivity contribution in [1.29, 1.82) is 0 Å². The number of ether oxygens (including phenoxy) is 1. The van der Waals surface area contributed by atoms with Gasteiger partial charge >= 0.3 is 0 Å². The van der Waals surface area contributed by atoms with Crippen molar-refractivity contribution >= 4 is 5.82 Å². The molecular weight excluding hydrogens is 262 g/mol. The van der Waals surface area contributed by atoms with Crippen LogP contribution < -0.4 is 5.73 Å². The van der Waals surface area contributed by atoms with E-state index >= 15 is 0 Å². The Hall–Kier alpha value is -2.59. The maximum Gasteiger partial charge on any atom is 0.127 e. The Morgan fingerprint density at radius 2 is 1.76 bits per heavy atom. The van der Waals surface area contributed by atoms with Crippen LogP contribution in [0.4, 0.5) is 5.82 Å². The Bertz CT molecular complexity index is 793. The van der Waals surface area contributed by atoms with E-state index in [1.807, 2.05) is 36.4 Å². The first-order valence-corrected chi connectivity index (χ1v) is 6.92. The lowest BCUT2D eigenvalue weighted by atomic mass is 10.0. The molecule has 1 aliphatic rings. The van der Waals surface area contributed by atoms with E-state index in [1.165, 1.54) is 11.1 Å². The van der Waals surface area contributed by atoms with Gasteiger partial charge in [-0.3, -0.25) is 0 Å². The quantitative estimate of drug-likeness (QED) is 0.783. The average molecular weight is 277 g/mol. The molecule has 0 aliphatic carbocycles. The van der Waals surface area contributed by atoms with Gasteiger partial charge in [-0.15, -0.1) is 0 Å². The van der Waals surface area contributed by atoms with E-state index in [9.17, 15) is 0 Å². The molecule has 0 unspecified atom stereocenters. The number of nitrogen functional groups attached to an aromatic ring is 1. The van der Waals surface area contributed by atoms with Crippen LogP contribution in [0.3, 0.4) is 0 Å². The number of anilines is 1. The summed E-state index contributed by atoms with van der Waals surface area (Å²) < 4.78 is 7.22. The van der Waals surface area contributed by atoms with Gasteiger partial charge in [0, 0.05) is 11.6 Å². The van der Waals surface area contributed by atoms with Crippen molar-refractivity contribution in [3.05, 3.63) is 65.7 Å². The fourth-order valence-corrected chi connectivity index (χ4v) is 2.64. The summed E-state index contributed by atoms with van der Waals surface area (Å²) in [6.45, 7) is 1.38. The monoisotopic (exact) mass is 277 g/mol. The molecule has 0 bridgehead atoms. The average Bonchev–Trinajstić information content (AvgIpc) is 3.13. The summed E-state index contributed by atoms with van der Waals surface area (Å²) in [6.07, 6.45) is 0. The first-order chi connectivity index (χ1) is 10.3. The van der Waals surface area contributed by atoms with Gasteiger partial charge in [0.25, 0.3) is 0 Å². The number of nitrogens with two attached hydrogens (primary N) is 1. The third kappa shape index (κ3) is 2.10. The van der Waals surface area contributed by atoms with E-state index in [2.05, 4.69) is 23.3 Å². The molecule has 1 aliphatic heterocycles. The van der Waals surface area contributed by atoms with Crippen molar-refractivity contribution in [3.63, 3.8) is 0 Å². The molecule has 3 aromatic rings. The van der Waals surface area contributed by atoms with Crippen LogP contribution in [-0.2, 0) is 18.0 Å². The fourth-order valence-electron chi connectivity index (χ4n) is 2.64. The van der Waals surface area contributed by atoms with Gasteiger partial charge < -0.3 is 10.5 Å². The highest BCUT2D eigenvalue weighted by Crippen LogP contribution is 2.28. The molecule has 2 aromatic carbocycles. The second-order valence-corrected chi connectivity index (χ2v) is 5.18. The van der Waals surface area contributed by atoms with Crippen LogP contribution in [0.5, 0.6) is 0 Å². The zero-order valence-corrected chi connectivity index (χ0v) is 11.5. The third-order valence-electron chi connectivity index (χ3n) is 3.75. The Morgan fingerprint density at radius 1 is 0.952 bits per heavy atom. The van der Waals surface area contributed by atoms with Crippen LogP contribution in [0.2, 0.25) is 0 Å². The second kappa shape index (κ2) is 4.75. The first-order valence-electron chi connectivity index (χ1n) is 6.92. The highest BCUT2D eigenvalue weighted by Gasteiger charge is 2.14. The van der Waals surface area contributed by atoms with Crippen LogP contribution in [0.1, 0.15) is 11.1 Å². The minimum absolute atomic E-state index is 0.632. The molecule has 2 N–H and O–H groups in total. The number of benzene rings is 2. The molecule has 0 fully saturated rings. The maximum absolute atomic E-state index is 6.10. The van der Waals surface area contributed by atoms with Crippen LogP contribution >= 0.6 is 0 Å². The number of aromatic nitrogens is 2. The summed E-state index contributed by atoms with van der Waals surface area (Å²) >= 11 is 0. The van der Waals surface area contributed by atoms with Crippen molar-refractivity contribution in [1.82, 2.24) is 9.78 Å². The number of fused-ring (bicyclic) bond motifs is 1. The summed E-state index contributed by atoms with van der Waals surface area (Å²) in [5.74, 6) is 0.632. The van der Waals surface area contributed by atoms with Gasteiger partial charge in [-0.05, 0) is 29.3 Å². The summed E-state index contributed by atoms with van der Waals surface area (Å²) in [5.41, 5.74) is 11.5. The molecule has 0 amide bonds. The van der Waals surface area contributed by atoms with Gasteiger partial charge in [0.05, 0.1) is 24.6 Å². The minimum atomic E-state index is 0.632. The van der Waals surface area contributed by atoms with Crippen molar-refractivity contribution < 1.29 is 4.74 Å². The SMILES string of the molecule is Nc1cc(-c2ccc3c(c2)COC3)nn1-c1ccccc1. The van der Waals surface area contributed by atoms with Crippen molar-refractivity contribution in [2.24, 2.45) is 0 Å². The Morgan fingerprint density at radius 3 is 2.62 bits per heavy atom. The van der Waals surface area contributed by atoms with Crippen LogP contribution in [0.25, 0.3) is 16.9 Å². The van der Waals surface area contributed by atoms with E-state index in [1.54, 1.807) is 4.68 Å². The van der Waals surface area contributed by atoms with Crippen molar-refractivity contribution in [2.45, 2.75) is 13.2 Å². The van der Waals surface area contributed by atoms with Gasteiger partial charge in [0.2, 0.25) is 0 Å². The third-order valence-corrected chi connectivity index (χ3v) is 3.75. The molecule has 0 atom stereocenters. The molecule has 4 nitrogen and oxygen atoms in total. The van der Waals surface area contributed by atoms with Gasteiger partial charge in [-0.1, -0.05) is 30.3 Å². The lowest BCUT2D eigenvalue weighted by Crippen LogP contribution is -2.01. The number of nitrogens with zero attached hydrogens (tertiary/aromatic N) is 2. The Kier molecular flexibility index (Phi) is 2.75. The first kappa shape index (κ1) is 12.2. The highest BCUT2D eigenvalue weighted by molar-refractivity contribution is 5.65. The van der Waals surface area contributed by atoms with Crippen molar-refractivity contribution in [3.8, 4) is 16.9 Å². The zero-order chi connectivity index (χ0) is 14.2. The van der Waals surface area contributed by atoms with E-state index in [-0.39, 0.29) is 0 Å². The predicted molar refractivity (Wildman–Crippen MR) is 81.9 cm³/mol. The molecule has 4 heteroatoms. The molecule has 0 spiro atoms. The largest absolute Gasteiger partial charge is 0.384 e. The smallest absolute Gasteiger partial charge is 0.127 e. The standard InChI is InChI=1S/C17H15N3O/c18-17-9-16(19-20(17)15-4-2-1-3-5-15)12-6-7-13-10-21-11-14(13)8-12/h1-9H,10-11,18H2. The normalized spacial score (nSPS) is 13.3. The fraction of sp³-hybridized carbons (Fsp3) is 0.118. The molecule has 0 saturated heterocycles. The van der Waals surface area contributed by atoms with E-state index in [0.717, 1.165) is 16.9 Å². The Labute approximate surface area is 122 Å². The molecule has 104 valence electrons. The summed E-state index contributed by atoms with van der Waals surface area (Å²) in [6, 6.07) is 18.1. The van der Waals surface area contributed by atoms with Crippen LogP contribution in [-0.4, -0.2) is 9.78 Å². The van der Waals surface area contributed by atoms with E-state index in [4.69, 9.17) is 10.5 Å². The van der Waals surface area contributed by atoms with E-state index in [0.29, 0.717) is 19.0 Å². The van der Waals surface area contributed by atoms with Gasteiger partial charge in [-0.2, -0.15) is 5.10 Å². The molecule has 2 heterocycles. The van der Waals surface area contributed by atoms with Gasteiger partial charge in [0.1, 0.15) is 5.82 Å². The number of rotatable bonds is 2. The number of para-hydroxylation sites is 1. The minimum Gasteiger partial charge on any atom is -0.384 e. The lowest BCUT2D eigenvalue weighted by Gasteiger charge is -2.03. The van der Waals surface area contributed by atoms with Crippen molar-refractivity contribution in [2.75, 3.05) is 5.73 Å². The van der Waals surface area contributed by atoms with E-state index < -0.39 is 0 Å².